The Morgan fingerprint density at radius 1 is 1.33 bits per heavy atom. The van der Waals surface area contributed by atoms with Crippen LogP contribution < -0.4 is 4.72 Å². The number of carbonyl (C=O) groups excluding carboxylic acids is 1. The largest absolute Gasteiger partial charge is 0.342 e. The first-order valence-corrected chi connectivity index (χ1v) is 8.86. The second-order valence-electron chi connectivity index (χ2n) is 5.60. The number of aromatic nitrogens is 1. The zero-order valence-electron chi connectivity index (χ0n) is 12.8. The van der Waals surface area contributed by atoms with Crippen LogP contribution in [-0.4, -0.2) is 42.9 Å². The van der Waals surface area contributed by atoms with E-state index in [-0.39, 0.29) is 16.8 Å². The Morgan fingerprint density at radius 3 is 2.67 bits per heavy atom. The molecule has 0 aliphatic carbocycles. The predicted molar refractivity (Wildman–Crippen MR) is 80.7 cm³/mol. The van der Waals surface area contributed by atoms with Crippen LogP contribution >= 0.6 is 0 Å². The summed E-state index contributed by atoms with van der Waals surface area (Å²) in [6, 6.07) is 1.60. The van der Waals surface area contributed by atoms with Gasteiger partial charge in [0.05, 0.1) is 0 Å². The lowest BCUT2D eigenvalue weighted by Crippen LogP contribution is -2.36. The van der Waals surface area contributed by atoms with Gasteiger partial charge in [-0.3, -0.25) is 4.79 Å². The number of hydrogen-bond acceptors (Lipinski definition) is 3. The molecule has 0 unspecified atom stereocenters. The van der Waals surface area contributed by atoms with Gasteiger partial charge < -0.3 is 9.47 Å². The summed E-state index contributed by atoms with van der Waals surface area (Å²) in [5.74, 6) is -0.0977. The molecule has 21 heavy (non-hydrogen) atoms. The monoisotopic (exact) mass is 313 g/mol. The van der Waals surface area contributed by atoms with E-state index in [1.807, 2.05) is 20.8 Å². The van der Waals surface area contributed by atoms with Crippen LogP contribution in [0.25, 0.3) is 0 Å². The Kier molecular flexibility index (Phi) is 4.73. The van der Waals surface area contributed by atoms with E-state index in [9.17, 15) is 13.2 Å². The van der Waals surface area contributed by atoms with E-state index in [4.69, 9.17) is 0 Å². The van der Waals surface area contributed by atoms with Gasteiger partial charge in [-0.2, -0.15) is 0 Å². The third-order valence-electron chi connectivity index (χ3n) is 3.63. The molecule has 1 amide bonds. The van der Waals surface area contributed by atoms with E-state index in [2.05, 4.69) is 4.72 Å². The Balaban J connectivity index is 2.35. The van der Waals surface area contributed by atoms with Gasteiger partial charge in [0.2, 0.25) is 10.0 Å². The molecule has 0 saturated heterocycles. The van der Waals surface area contributed by atoms with Gasteiger partial charge in [0, 0.05) is 31.9 Å². The van der Waals surface area contributed by atoms with Crippen molar-refractivity contribution in [3.8, 4) is 0 Å². The average molecular weight is 313 g/mol. The molecule has 1 N–H and O–H groups in total. The molecule has 0 aromatic carbocycles. The Hall–Kier alpha value is -1.34. The fourth-order valence-electron chi connectivity index (χ4n) is 2.47. The highest BCUT2D eigenvalue weighted by Crippen LogP contribution is 2.20. The molecular formula is C14H23N3O3S. The summed E-state index contributed by atoms with van der Waals surface area (Å²) in [5, 5.41) is 0. The Morgan fingerprint density at radius 2 is 2.05 bits per heavy atom. The van der Waals surface area contributed by atoms with E-state index in [0.717, 1.165) is 12.8 Å². The molecule has 0 radical (unpaired) electrons. The second-order valence-corrected chi connectivity index (χ2v) is 7.37. The van der Waals surface area contributed by atoms with Crippen molar-refractivity contribution < 1.29 is 13.2 Å². The molecule has 0 spiro atoms. The van der Waals surface area contributed by atoms with Crippen molar-refractivity contribution in [1.29, 1.82) is 0 Å². The lowest BCUT2D eigenvalue weighted by molar-refractivity contribution is 0.0709. The number of sulfonamides is 1. The average Bonchev–Trinajstić information content (AvgIpc) is 2.79. The minimum absolute atomic E-state index is 0.0977. The summed E-state index contributed by atoms with van der Waals surface area (Å²) >= 11 is 0. The van der Waals surface area contributed by atoms with Crippen LogP contribution in [-0.2, 0) is 16.6 Å². The van der Waals surface area contributed by atoms with Crippen LogP contribution in [0.3, 0.4) is 0 Å². The van der Waals surface area contributed by atoms with Crippen molar-refractivity contribution in [2.24, 2.45) is 0 Å². The molecule has 7 heteroatoms. The topological polar surface area (TPSA) is 71.4 Å². The summed E-state index contributed by atoms with van der Waals surface area (Å²) in [6.07, 6.45) is 3.12. The van der Waals surface area contributed by atoms with Gasteiger partial charge in [-0.15, -0.1) is 0 Å². The third kappa shape index (κ3) is 3.29. The number of amides is 1. The van der Waals surface area contributed by atoms with E-state index < -0.39 is 10.0 Å². The summed E-state index contributed by atoms with van der Waals surface area (Å²) in [4.78, 5) is 14.5. The van der Waals surface area contributed by atoms with Crippen molar-refractivity contribution >= 4 is 15.9 Å². The van der Waals surface area contributed by atoms with Crippen LogP contribution in [0.4, 0.5) is 0 Å². The quantitative estimate of drug-likeness (QED) is 0.894. The highest BCUT2D eigenvalue weighted by atomic mass is 32.2. The van der Waals surface area contributed by atoms with Crippen LogP contribution in [0.2, 0.25) is 0 Å². The lowest BCUT2D eigenvalue weighted by Gasteiger charge is -2.24. The first kappa shape index (κ1) is 16.0. The number of rotatable bonds is 5. The summed E-state index contributed by atoms with van der Waals surface area (Å²) in [7, 11) is -3.53. The van der Waals surface area contributed by atoms with Crippen molar-refractivity contribution in [2.75, 3.05) is 13.1 Å². The third-order valence-corrected chi connectivity index (χ3v) is 5.05. The lowest BCUT2D eigenvalue weighted by atomic mass is 10.2. The highest BCUT2D eigenvalue weighted by molar-refractivity contribution is 7.89. The SMILES string of the molecule is CCCNS(=O)(=O)c1cc2n(c1)CCCN(C(C)C)C2=O. The molecule has 0 bridgehead atoms. The van der Waals surface area contributed by atoms with Gasteiger partial charge >= 0.3 is 0 Å². The standard InChI is InChI=1S/C14H23N3O3S/c1-4-6-15-21(19,20)12-9-13-14(18)17(11(2)3)8-5-7-16(13)10-12/h9-11,15H,4-8H2,1-3H3. The molecule has 1 aromatic rings. The maximum absolute atomic E-state index is 12.5. The molecule has 0 saturated carbocycles. The number of hydrogen-bond donors (Lipinski definition) is 1. The van der Waals surface area contributed by atoms with Gasteiger partial charge in [0.1, 0.15) is 10.6 Å². The van der Waals surface area contributed by atoms with Crippen LogP contribution in [0.5, 0.6) is 0 Å². The molecule has 0 fully saturated rings. The number of nitrogens with one attached hydrogen (secondary N) is 1. The molecule has 1 aromatic heterocycles. The van der Waals surface area contributed by atoms with Gasteiger partial charge in [-0.05, 0) is 32.8 Å². The van der Waals surface area contributed by atoms with Gasteiger partial charge in [-0.1, -0.05) is 6.92 Å². The van der Waals surface area contributed by atoms with Crippen molar-refractivity contribution in [3.05, 3.63) is 18.0 Å². The fraction of sp³-hybridized carbons (Fsp3) is 0.643. The minimum Gasteiger partial charge on any atom is -0.342 e. The fourth-order valence-corrected chi connectivity index (χ4v) is 3.64. The summed E-state index contributed by atoms with van der Waals surface area (Å²) in [6.45, 7) is 7.60. The molecule has 1 aliphatic heterocycles. The Bertz CT molecular complexity index is 619. The van der Waals surface area contributed by atoms with E-state index in [1.165, 1.54) is 6.07 Å². The smallest absolute Gasteiger partial charge is 0.270 e. The van der Waals surface area contributed by atoms with Gasteiger partial charge in [0.25, 0.3) is 5.91 Å². The molecule has 118 valence electrons. The first-order chi connectivity index (χ1) is 9.86. The van der Waals surface area contributed by atoms with Crippen molar-refractivity contribution in [2.45, 2.75) is 51.1 Å². The van der Waals surface area contributed by atoms with Crippen molar-refractivity contribution in [3.63, 3.8) is 0 Å². The zero-order valence-corrected chi connectivity index (χ0v) is 13.6. The van der Waals surface area contributed by atoms with Gasteiger partial charge in [0.15, 0.2) is 0 Å². The highest BCUT2D eigenvalue weighted by Gasteiger charge is 2.27. The maximum Gasteiger partial charge on any atom is 0.270 e. The van der Waals surface area contributed by atoms with Crippen LogP contribution in [0.1, 0.15) is 44.1 Å². The molecule has 0 atom stereocenters. The number of nitrogens with zero attached hydrogens (tertiary/aromatic N) is 2. The van der Waals surface area contributed by atoms with Crippen molar-refractivity contribution in [1.82, 2.24) is 14.2 Å². The molecular weight excluding hydrogens is 290 g/mol. The number of carbonyl (C=O) groups is 1. The molecule has 6 nitrogen and oxygen atoms in total. The maximum atomic E-state index is 12.5. The van der Waals surface area contributed by atoms with E-state index in [1.54, 1.807) is 15.7 Å². The summed E-state index contributed by atoms with van der Waals surface area (Å²) in [5.41, 5.74) is 0.457. The minimum atomic E-state index is -3.53. The van der Waals surface area contributed by atoms with Gasteiger partial charge in [-0.25, -0.2) is 13.1 Å². The summed E-state index contributed by atoms with van der Waals surface area (Å²) < 4.78 is 28.6. The van der Waals surface area contributed by atoms with Crippen LogP contribution in [0, 0.1) is 0 Å². The van der Waals surface area contributed by atoms with E-state index in [0.29, 0.717) is 25.3 Å². The Labute approximate surface area is 126 Å². The second kappa shape index (κ2) is 6.19. The zero-order chi connectivity index (χ0) is 15.6. The normalized spacial score (nSPS) is 16.2. The molecule has 2 rings (SSSR count). The first-order valence-electron chi connectivity index (χ1n) is 7.37. The predicted octanol–water partition coefficient (Wildman–Crippen LogP) is 1.43. The number of fused-ring (bicyclic) bond motifs is 1. The molecule has 1 aliphatic rings. The number of aryl methyl sites for hydroxylation is 1. The molecule has 2 heterocycles. The van der Waals surface area contributed by atoms with E-state index >= 15 is 0 Å². The van der Waals surface area contributed by atoms with Crippen LogP contribution in [0.15, 0.2) is 17.2 Å².